The molecule has 3 heterocycles. The van der Waals surface area contributed by atoms with E-state index in [2.05, 4.69) is 45.0 Å². The van der Waals surface area contributed by atoms with Crippen LogP contribution in [-0.2, 0) is 21.4 Å². The molecule has 0 bridgehead atoms. The number of amides is 2. The molecule has 1 aliphatic heterocycles. The number of imidazole rings is 1. The van der Waals surface area contributed by atoms with Crippen LogP contribution in [0.3, 0.4) is 0 Å². The zero-order valence-electron chi connectivity index (χ0n) is 22.0. The lowest BCUT2D eigenvalue weighted by Gasteiger charge is -2.24. The van der Waals surface area contributed by atoms with Crippen LogP contribution in [0.1, 0.15) is 63.6 Å². The van der Waals surface area contributed by atoms with Crippen molar-refractivity contribution in [2.24, 2.45) is 7.05 Å². The predicted octanol–water partition coefficient (Wildman–Crippen LogP) is 3.94. The van der Waals surface area contributed by atoms with E-state index >= 15 is 0 Å². The Kier molecular flexibility index (Phi) is 8.76. The van der Waals surface area contributed by atoms with Gasteiger partial charge in [0.2, 0.25) is 5.91 Å². The number of H-pyrrole nitrogens is 1. The van der Waals surface area contributed by atoms with Crippen molar-refractivity contribution in [3.63, 3.8) is 0 Å². The summed E-state index contributed by atoms with van der Waals surface area (Å²) in [5.74, 6) is 0.897. The molecule has 37 heavy (non-hydrogen) atoms. The molecule has 2 unspecified atom stereocenters. The van der Waals surface area contributed by atoms with Crippen LogP contribution >= 0.6 is 0 Å². The first kappa shape index (κ1) is 26.6. The van der Waals surface area contributed by atoms with E-state index in [4.69, 9.17) is 9.72 Å². The summed E-state index contributed by atoms with van der Waals surface area (Å²) in [6.45, 7) is 2.97. The van der Waals surface area contributed by atoms with Crippen molar-refractivity contribution in [3.8, 4) is 22.5 Å². The highest BCUT2D eigenvalue weighted by atomic mass is 16.5. The molecule has 4 rings (SSSR count). The number of nitrogens with one attached hydrogen (secondary N) is 3. The first-order chi connectivity index (χ1) is 17.9. The Morgan fingerprint density at radius 2 is 1.95 bits per heavy atom. The summed E-state index contributed by atoms with van der Waals surface area (Å²) in [7, 11) is 3.57. The maximum atomic E-state index is 12.8. The number of aromatic nitrogens is 4. The number of hydrogen-bond acceptors (Lipinski definition) is 5. The molecular formula is C28H38N6O3. The summed E-state index contributed by atoms with van der Waals surface area (Å²) in [4.78, 5) is 32.5. The summed E-state index contributed by atoms with van der Waals surface area (Å²) in [5.41, 5.74) is 3.22. The van der Waals surface area contributed by atoms with E-state index in [-0.39, 0.29) is 17.7 Å². The van der Waals surface area contributed by atoms with Gasteiger partial charge in [0.1, 0.15) is 11.4 Å². The molecule has 0 radical (unpaired) electrons. The standard InChI is InChI=1S/C28H38N6O3/c1-28(15-7-17-37-28)27(36)31-18-22(8-5-4-6-9-25(35)29-2)26-30-19-24(32-26)21-12-10-20(11-13-21)23-14-16-34(3)33-23/h10-14,16,19,22H,4-9,15,17-18H2,1-3H3,(H,29,35)(H,30,32)(H,31,36). The first-order valence-electron chi connectivity index (χ1n) is 13.2. The van der Waals surface area contributed by atoms with Crippen LogP contribution in [0.4, 0.5) is 0 Å². The average Bonchev–Trinajstić information content (AvgIpc) is 3.67. The number of carbonyl (C=O) groups is 2. The van der Waals surface area contributed by atoms with E-state index in [1.807, 2.05) is 32.4 Å². The van der Waals surface area contributed by atoms with Gasteiger partial charge in [-0.15, -0.1) is 0 Å². The molecule has 0 aliphatic carbocycles. The molecule has 2 amide bonds. The van der Waals surface area contributed by atoms with E-state index in [1.165, 1.54) is 0 Å². The Hall–Kier alpha value is -3.46. The minimum absolute atomic E-state index is 0.0375. The average molecular weight is 507 g/mol. The Bertz CT molecular complexity index is 1180. The van der Waals surface area contributed by atoms with Crippen molar-refractivity contribution in [1.29, 1.82) is 0 Å². The first-order valence-corrected chi connectivity index (χ1v) is 13.2. The molecule has 1 aromatic carbocycles. The molecular weight excluding hydrogens is 468 g/mol. The summed E-state index contributed by atoms with van der Waals surface area (Å²) >= 11 is 0. The van der Waals surface area contributed by atoms with E-state index in [9.17, 15) is 9.59 Å². The molecule has 0 saturated carbocycles. The second-order valence-electron chi connectivity index (χ2n) is 10.00. The molecule has 1 aliphatic rings. The number of rotatable bonds is 12. The fourth-order valence-corrected chi connectivity index (χ4v) is 4.75. The van der Waals surface area contributed by atoms with Gasteiger partial charge >= 0.3 is 0 Å². The largest absolute Gasteiger partial charge is 0.365 e. The van der Waals surface area contributed by atoms with Crippen LogP contribution in [0.5, 0.6) is 0 Å². The third-order valence-electron chi connectivity index (χ3n) is 7.13. The Morgan fingerprint density at radius 3 is 2.62 bits per heavy atom. The van der Waals surface area contributed by atoms with Crippen molar-refractivity contribution < 1.29 is 14.3 Å². The molecule has 0 spiro atoms. The lowest BCUT2D eigenvalue weighted by molar-refractivity contribution is -0.139. The highest BCUT2D eigenvalue weighted by molar-refractivity contribution is 5.85. The minimum Gasteiger partial charge on any atom is -0.365 e. The van der Waals surface area contributed by atoms with Crippen molar-refractivity contribution in [2.45, 2.75) is 63.4 Å². The van der Waals surface area contributed by atoms with Crippen LogP contribution in [0.25, 0.3) is 22.5 Å². The number of unbranched alkanes of at least 4 members (excludes halogenated alkanes) is 2. The normalized spacial score (nSPS) is 18.0. The number of benzene rings is 1. The zero-order chi connectivity index (χ0) is 26.3. The SMILES string of the molecule is CNC(=O)CCCCCC(CNC(=O)C1(C)CCCO1)c1ncc(-c2ccc(-c3ccn(C)n3)cc2)[nH]1. The van der Waals surface area contributed by atoms with Crippen molar-refractivity contribution in [2.75, 3.05) is 20.2 Å². The lowest BCUT2D eigenvalue weighted by Crippen LogP contribution is -2.45. The van der Waals surface area contributed by atoms with Crippen molar-refractivity contribution in [1.82, 2.24) is 30.4 Å². The number of hydrogen-bond donors (Lipinski definition) is 3. The fourth-order valence-electron chi connectivity index (χ4n) is 4.75. The zero-order valence-corrected chi connectivity index (χ0v) is 22.0. The van der Waals surface area contributed by atoms with Crippen LogP contribution in [0, 0.1) is 0 Å². The Balaban J connectivity index is 1.42. The van der Waals surface area contributed by atoms with Gasteiger partial charge in [-0.05, 0) is 44.2 Å². The summed E-state index contributed by atoms with van der Waals surface area (Å²) in [5, 5.41) is 10.2. The van der Waals surface area contributed by atoms with Crippen molar-refractivity contribution >= 4 is 11.8 Å². The van der Waals surface area contributed by atoms with Gasteiger partial charge in [-0.25, -0.2) is 4.98 Å². The van der Waals surface area contributed by atoms with Crippen LogP contribution in [0.15, 0.2) is 42.7 Å². The molecule has 1 fully saturated rings. The summed E-state index contributed by atoms with van der Waals surface area (Å²) in [6, 6.07) is 10.2. The van der Waals surface area contributed by atoms with E-state index < -0.39 is 5.60 Å². The lowest BCUT2D eigenvalue weighted by atomic mass is 9.98. The predicted molar refractivity (Wildman–Crippen MR) is 143 cm³/mol. The Morgan fingerprint density at radius 1 is 1.16 bits per heavy atom. The molecule has 198 valence electrons. The van der Waals surface area contributed by atoms with Gasteiger partial charge in [-0.2, -0.15) is 5.10 Å². The van der Waals surface area contributed by atoms with Gasteiger partial charge in [0.15, 0.2) is 0 Å². The smallest absolute Gasteiger partial charge is 0.251 e. The van der Waals surface area contributed by atoms with Gasteiger partial charge in [0, 0.05) is 51.3 Å². The van der Waals surface area contributed by atoms with Gasteiger partial charge in [-0.1, -0.05) is 37.1 Å². The maximum absolute atomic E-state index is 12.8. The second-order valence-corrected chi connectivity index (χ2v) is 10.00. The summed E-state index contributed by atoms with van der Waals surface area (Å²) in [6.07, 6.45) is 9.55. The molecule has 3 N–H and O–H groups in total. The number of carbonyl (C=O) groups excluding carboxylic acids is 2. The third-order valence-corrected chi connectivity index (χ3v) is 7.13. The van der Waals surface area contributed by atoms with E-state index in [0.717, 1.165) is 66.9 Å². The second kappa shape index (κ2) is 12.2. The molecule has 9 nitrogen and oxygen atoms in total. The number of nitrogens with zero attached hydrogens (tertiary/aromatic N) is 3. The number of aromatic amines is 1. The maximum Gasteiger partial charge on any atom is 0.251 e. The highest BCUT2D eigenvalue weighted by Gasteiger charge is 2.37. The topological polar surface area (TPSA) is 114 Å². The number of aryl methyl sites for hydroxylation is 1. The molecule has 2 atom stereocenters. The Labute approximate surface area is 218 Å². The molecule has 3 aromatic rings. The van der Waals surface area contributed by atoms with Gasteiger partial charge in [0.05, 0.1) is 17.6 Å². The van der Waals surface area contributed by atoms with Crippen LogP contribution in [0.2, 0.25) is 0 Å². The quantitative estimate of drug-likeness (QED) is 0.322. The van der Waals surface area contributed by atoms with E-state index in [1.54, 1.807) is 11.7 Å². The van der Waals surface area contributed by atoms with Crippen LogP contribution in [-0.4, -0.2) is 57.4 Å². The number of ether oxygens (including phenoxy) is 1. The fraction of sp³-hybridized carbons (Fsp3) is 0.500. The third kappa shape index (κ3) is 6.85. The van der Waals surface area contributed by atoms with E-state index in [0.29, 0.717) is 19.6 Å². The van der Waals surface area contributed by atoms with Crippen molar-refractivity contribution in [3.05, 3.63) is 48.5 Å². The monoisotopic (exact) mass is 506 g/mol. The highest BCUT2D eigenvalue weighted by Crippen LogP contribution is 2.28. The molecule has 2 aromatic heterocycles. The summed E-state index contributed by atoms with van der Waals surface area (Å²) < 4.78 is 7.50. The minimum atomic E-state index is -0.748. The van der Waals surface area contributed by atoms with Gasteiger partial charge in [-0.3, -0.25) is 14.3 Å². The molecule has 9 heteroatoms. The van der Waals surface area contributed by atoms with Crippen LogP contribution < -0.4 is 10.6 Å². The molecule has 1 saturated heterocycles. The van der Waals surface area contributed by atoms with Gasteiger partial charge in [0.25, 0.3) is 5.91 Å². The van der Waals surface area contributed by atoms with Gasteiger partial charge < -0.3 is 20.4 Å².